The van der Waals surface area contributed by atoms with E-state index in [1.165, 1.54) is 6.07 Å². The highest BCUT2D eigenvalue weighted by Crippen LogP contribution is 2.30. The van der Waals surface area contributed by atoms with Gasteiger partial charge in [-0.25, -0.2) is 8.42 Å². The first-order chi connectivity index (χ1) is 10.6. The number of hydrogen-bond acceptors (Lipinski definition) is 4. The van der Waals surface area contributed by atoms with Gasteiger partial charge in [0.05, 0.1) is 0 Å². The molecule has 10 heteroatoms. The van der Waals surface area contributed by atoms with Crippen molar-refractivity contribution in [1.82, 2.24) is 9.62 Å². The maximum absolute atomic E-state index is 12.6. The molecule has 1 aromatic rings. The normalized spacial score (nSPS) is 19.9. The minimum absolute atomic E-state index is 0.116. The maximum atomic E-state index is 12.6. The monoisotopic (exact) mass is 370 g/mol. The molecular formula is C13H17F3N2O3S2. The van der Waals surface area contributed by atoms with Crippen LogP contribution < -0.4 is 5.32 Å². The third kappa shape index (κ3) is 4.24. The SMILES string of the molecule is CCc1ccc(S(=O)(=O)N2CCCC2C(=O)NCC(F)(F)F)s1. The van der Waals surface area contributed by atoms with E-state index in [1.807, 2.05) is 6.92 Å². The van der Waals surface area contributed by atoms with Crippen LogP contribution in [0.15, 0.2) is 16.3 Å². The van der Waals surface area contributed by atoms with E-state index in [0.717, 1.165) is 20.5 Å². The Morgan fingerprint density at radius 1 is 1.43 bits per heavy atom. The molecule has 130 valence electrons. The number of halogens is 3. The topological polar surface area (TPSA) is 66.5 Å². The summed E-state index contributed by atoms with van der Waals surface area (Å²) in [5.41, 5.74) is 0. The van der Waals surface area contributed by atoms with Gasteiger partial charge in [0, 0.05) is 11.4 Å². The molecule has 2 heterocycles. The Balaban J connectivity index is 2.15. The highest BCUT2D eigenvalue weighted by molar-refractivity contribution is 7.91. The molecule has 1 aliphatic rings. The number of nitrogens with one attached hydrogen (secondary N) is 1. The van der Waals surface area contributed by atoms with Gasteiger partial charge in [0.25, 0.3) is 10.0 Å². The Morgan fingerprint density at radius 2 is 2.13 bits per heavy atom. The molecule has 2 rings (SSSR count). The number of amides is 1. The van der Waals surface area contributed by atoms with Gasteiger partial charge in [-0.05, 0) is 31.4 Å². The van der Waals surface area contributed by atoms with Crippen LogP contribution in [0.5, 0.6) is 0 Å². The van der Waals surface area contributed by atoms with Crippen LogP contribution >= 0.6 is 11.3 Å². The van der Waals surface area contributed by atoms with Crippen LogP contribution in [-0.2, 0) is 21.2 Å². The Kier molecular flexibility index (Phi) is 5.37. The number of hydrogen-bond donors (Lipinski definition) is 1. The van der Waals surface area contributed by atoms with Crippen LogP contribution in [-0.4, -0.2) is 43.9 Å². The molecular weight excluding hydrogens is 353 g/mol. The number of alkyl halides is 3. The van der Waals surface area contributed by atoms with Crippen molar-refractivity contribution in [2.75, 3.05) is 13.1 Å². The standard InChI is InChI=1S/C13H17F3N2O3S2/c1-2-9-5-6-11(22-9)23(20,21)18-7-3-4-10(18)12(19)17-8-13(14,15)16/h5-6,10H,2-4,7-8H2,1H3,(H,17,19). The third-order valence-electron chi connectivity index (χ3n) is 3.52. The van der Waals surface area contributed by atoms with Gasteiger partial charge in [-0.15, -0.1) is 11.3 Å². The van der Waals surface area contributed by atoms with Gasteiger partial charge in [-0.1, -0.05) is 6.92 Å². The maximum Gasteiger partial charge on any atom is 0.405 e. The number of nitrogens with zero attached hydrogens (tertiary/aromatic N) is 1. The smallest absolute Gasteiger partial charge is 0.346 e. The van der Waals surface area contributed by atoms with Gasteiger partial charge in [-0.2, -0.15) is 17.5 Å². The fourth-order valence-corrected chi connectivity index (χ4v) is 5.48. The molecule has 1 fully saturated rings. The van der Waals surface area contributed by atoms with Gasteiger partial charge >= 0.3 is 6.18 Å². The molecule has 1 saturated heterocycles. The van der Waals surface area contributed by atoms with E-state index in [-0.39, 0.29) is 17.2 Å². The Hall–Kier alpha value is -1.13. The van der Waals surface area contributed by atoms with Crippen molar-refractivity contribution in [3.05, 3.63) is 17.0 Å². The largest absolute Gasteiger partial charge is 0.405 e. The number of carbonyl (C=O) groups is 1. The quantitative estimate of drug-likeness (QED) is 0.864. The van der Waals surface area contributed by atoms with E-state index in [9.17, 15) is 26.4 Å². The van der Waals surface area contributed by atoms with Crippen molar-refractivity contribution in [2.45, 2.75) is 42.6 Å². The molecule has 0 aliphatic carbocycles. The Morgan fingerprint density at radius 3 is 2.70 bits per heavy atom. The van der Waals surface area contributed by atoms with Crippen molar-refractivity contribution < 1.29 is 26.4 Å². The first kappa shape index (κ1) is 18.2. The molecule has 23 heavy (non-hydrogen) atoms. The summed E-state index contributed by atoms with van der Waals surface area (Å²) >= 11 is 1.12. The highest BCUT2D eigenvalue weighted by atomic mass is 32.2. The van der Waals surface area contributed by atoms with Crippen molar-refractivity contribution in [3.8, 4) is 0 Å². The second-order valence-electron chi connectivity index (χ2n) is 5.18. The van der Waals surface area contributed by atoms with Crippen LogP contribution in [0.3, 0.4) is 0 Å². The number of rotatable bonds is 5. The van der Waals surface area contributed by atoms with Crippen LogP contribution in [0.4, 0.5) is 13.2 Å². The minimum Gasteiger partial charge on any atom is -0.346 e. The molecule has 1 N–H and O–H groups in total. The third-order valence-corrected chi connectivity index (χ3v) is 7.12. The molecule has 1 unspecified atom stereocenters. The Labute approximate surface area is 136 Å². The van der Waals surface area contributed by atoms with Crippen LogP contribution in [0.1, 0.15) is 24.6 Å². The lowest BCUT2D eigenvalue weighted by Crippen LogP contribution is -2.47. The first-order valence-electron chi connectivity index (χ1n) is 7.10. The zero-order chi connectivity index (χ0) is 17.3. The zero-order valence-corrected chi connectivity index (χ0v) is 14.0. The molecule has 0 spiro atoms. The van der Waals surface area contributed by atoms with E-state index in [4.69, 9.17) is 0 Å². The molecule has 1 atom stereocenters. The average molecular weight is 370 g/mol. The van der Waals surface area contributed by atoms with E-state index >= 15 is 0 Å². The fraction of sp³-hybridized carbons (Fsp3) is 0.615. The lowest BCUT2D eigenvalue weighted by Gasteiger charge is -2.22. The summed E-state index contributed by atoms with van der Waals surface area (Å²) in [6.07, 6.45) is -3.18. The lowest BCUT2D eigenvalue weighted by atomic mass is 10.2. The first-order valence-corrected chi connectivity index (χ1v) is 9.36. The zero-order valence-electron chi connectivity index (χ0n) is 12.4. The fourth-order valence-electron chi connectivity index (χ4n) is 2.40. The average Bonchev–Trinajstić information content (AvgIpc) is 3.12. The summed E-state index contributed by atoms with van der Waals surface area (Å²) in [7, 11) is -3.87. The summed E-state index contributed by atoms with van der Waals surface area (Å²) in [6.45, 7) is 0.562. The van der Waals surface area contributed by atoms with Crippen LogP contribution in [0.25, 0.3) is 0 Å². The van der Waals surface area contributed by atoms with E-state index in [0.29, 0.717) is 12.8 Å². The van der Waals surface area contributed by atoms with Gasteiger partial charge in [0.15, 0.2) is 0 Å². The second kappa shape index (κ2) is 6.78. The number of aryl methyl sites for hydroxylation is 1. The lowest BCUT2D eigenvalue weighted by molar-refractivity contribution is -0.140. The highest BCUT2D eigenvalue weighted by Gasteiger charge is 2.41. The molecule has 1 amide bonds. The van der Waals surface area contributed by atoms with Gasteiger partial charge in [0.2, 0.25) is 5.91 Å². The van der Waals surface area contributed by atoms with Gasteiger partial charge < -0.3 is 5.32 Å². The summed E-state index contributed by atoms with van der Waals surface area (Å²) in [5.74, 6) is -0.907. The predicted octanol–water partition coefficient (Wildman–Crippen LogP) is 2.14. The molecule has 1 aromatic heterocycles. The summed E-state index contributed by atoms with van der Waals surface area (Å²) in [5, 5.41) is 1.77. The number of thiophene rings is 1. The second-order valence-corrected chi connectivity index (χ2v) is 8.47. The summed E-state index contributed by atoms with van der Waals surface area (Å²) in [6, 6.07) is 2.09. The number of sulfonamides is 1. The molecule has 0 radical (unpaired) electrons. The van der Waals surface area contributed by atoms with Crippen LogP contribution in [0, 0.1) is 0 Å². The Bertz CT molecular complexity index is 670. The van der Waals surface area contributed by atoms with Gasteiger partial charge in [-0.3, -0.25) is 4.79 Å². The van der Waals surface area contributed by atoms with Crippen molar-refractivity contribution >= 4 is 27.3 Å². The van der Waals surface area contributed by atoms with E-state index in [1.54, 1.807) is 11.4 Å². The minimum atomic E-state index is -4.53. The van der Waals surface area contributed by atoms with Crippen molar-refractivity contribution in [2.24, 2.45) is 0 Å². The van der Waals surface area contributed by atoms with E-state index < -0.39 is 34.7 Å². The molecule has 1 aliphatic heterocycles. The van der Waals surface area contributed by atoms with Crippen molar-refractivity contribution in [1.29, 1.82) is 0 Å². The molecule has 0 aromatic carbocycles. The molecule has 0 bridgehead atoms. The molecule has 0 saturated carbocycles. The summed E-state index contributed by atoms with van der Waals surface area (Å²) in [4.78, 5) is 12.8. The van der Waals surface area contributed by atoms with Crippen molar-refractivity contribution in [3.63, 3.8) is 0 Å². The summed E-state index contributed by atoms with van der Waals surface area (Å²) < 4.78 is 62.9. The van der Waals surface area contributed by atoms with Crippen LogP contribution in [0.2, 0.25) is 0 Å². The van der Waals surface area contributed by atoms with Gasteiger partial charge in [0.1, 0.15) is 16.8 Å². The van der Waals surface area contributed by atoms with E-state index in [2.05, 4.69) is 0 Å². The molecule has 5 nitrogen and oxygen atoms in total. The number of carbonyl (C=O) groups excluding carboxylic acids is 1. The predicted molar refractivity (Wildman–Crippen MR) is 79.7 cm³/mol.